The van der Waals surface area contributed by atoms with Crippen molar-refractivity contribution in [3.05, 3.63) is 22.4 Å². The van der Waals surface area contributed by atoms with Gasteiger partial charge in [0.25, 0.3) is 0 Å². The minimum atomic E-state index is -0.0206. The lowest BCUT2D eigenvalue weighted by Gasteiger charge is -2.29. The fourth-order valence-corrected chi connectivity index (χ4v) is 2.21. The van der Waals surface area contributed by atoms with Gasteiger partial charge in [-0.25, -0.2) is 0 Å². The van der Waals surface area contributed by atoms with Gasteiger partial charge in [-0.05, 0) is 31.3 Å². The number of likely N-dealkylation sites (N-methyl/N-ethyl adjacent to an activating group) is 1. The Labute approximate surface area is 103 Å². The second kappa shape index (κ2) is 7.05. The van der Waals surface area contributed by atoms with Crippen molar-refractivity contribution in [3.8, 4) is 0 Å². The largest absolute Gasteiger partial charge is 0.374 e. The van der Waals surface area contributed by atoms with Gasteiger partial charge in [0.1, 0.15) is 0 Å². The molecule has 0 saturated carbocycles. The number of hydrogen-bond acceptors (Lipinski definition) is 3. The lowest BCUT2D eigenvalue weighted by atomic mass is 10.0. The Hall–Kier alpha value is -0.380. The lowest BCUT2D eigenvalue weighted by Crippen LogP contribution is -2.40. The molecule has 1 aromatic rings. The van der Waals surface area contributed by atoms with Crippen LogP contribution in [0.1, 0.15) is 32.1 Å². The summed E-state index contributed by atoms with van der Waals surface area (Å²) in [5.41, 5.74) is -0.0206. The summed E-state index contributed by atoms with van der Waals surface area (Å²) in [5, 5.41) is 5.48. The van der Waals surface area contributed by atoms with Crippen LogP contribution >= 0.6 is 11.3 Å². The molecule has 0 aliphatic heterocycles. The van der Waals surface area contributed by atoms with Crippen molar-refractivity contribution >= 4 is 11.3 Å². The van der Waals surface area contributed by atoms with Crippen LogP contribution in [0.15, 0.2) is 17.5 Å². The first kappa shape index (κ1) is 13.7. The Bertz CT molecular complexity index is 273. The average molecular weight is 241 g/mol. The summed E-state index contributed by atoms with van der Waals surface area (Å²) in [6, 6.07) is 4.26. The molecule has 0 fully saturated rings. The maximum absolute atomic E-state index is 6.00. The molecule has 0 radical (unpaired) electrons. The fraction of sp³-hybridized carbons (Fsp3) is 0.692. The van der Waals surface area contributed by atoms with E-state index in [9.17, 15) is 0 Å². The van der Waals surface area contributed by atoms with Gasteiger partial charge in [0, 0.05) is 17.8 Å². The third kappa shape index (κ3) is 4.64. The van der Waals surface area contributed by atoms with Crippen molar-refractivity contribution in [2.75, 3.05) is 19.7 Å². The zero-order chi connectivity index (χ0) is 11.9. The molecule has 0 saturated heterocycles. The molecule has 1 rings (SSSR count). The van der Waals surface area contributed by atoms with E-state index in [0.29, 0.717) is 0 Å². The van der Waals surface area contributed by atoms with Crippen LogP contribution in [-0.2, 0) is 11.2 Å². The molecule has 0 amide bonds. The van der Waals surface area contributed by atoms with Gasteiger partial charge in [0.2, 0.25) is 0 Å². The van der Waals surface area contributed by atoms with Gasteiger partial charge in [-0.3, -0.25) is 0 Å². The number of thiophene rings is 1. The van der Waals surface area contributed by atoms with Crippen LogP contribution in [0.2, 0.25) is 0 Å². The average Bonchev–Trinajstić information content (AvgIpc) is 2.79. The predicted molar refractivity (Wildman–Crippen MR) is 71.2 cm³/mol. The maximum atomic E-state index is 6.00. The standard InChI is InChI=1S/C13H23NOS/c1-4-13(3,11-14-5-2)15-9-8-12-7-6-10-16-12/h6-7,10,14H,4-5,8-9,11H2,1-3H3. The summed E-state index contributed by atoms with van der Waals surface area (Å²) in [6.07, 6.45) is 2.07. The molecule has 1 atom stereocenters. The molecule has 0 spiro atoms. The number of nitrogens with one attached hydrogen (secondary N) is 1. The minimum Gasteiger partial charge on any atom is -0.374 e. The van der Waals surface area contributed by atoms with Crippen molar-refractivity contribution in [2.24, 2.45) is 0 Å². The summed E-state index contributed by atoms with van der Waals surface area (Å²) in [4.78, 5) is 1.40. The van der Waals surface area contributed by atoms with E-state index in [0.717, 1.165) is 32.5 Å². The molecule has 0 aliphatic rings. The van der Waals surface area contributed by atoms with Crippen LogP contribution < -0.4 is 5.32 Å². The van der Waals surface area contributed by atoms with E-state index >= 15 is 0 Å². The normalized spacial score (nSPS) is 14.9. The number of ether oxygens (including phenoxy) is 1. The Morgan fingerprint density at radius 2 is 2.25 bits per heavy atom. The van der Waals surface area contributed by atoms with Crippen molar-refractivity contribution in [1.82, 2.24) is 5.32 Å². The summed E-state index contributed by atoms with van der Waals surface area (Å²) < 4.78 is 6.00. The highest BCUT2D eigenvalue weighted by molar-refractivity contribution is 7.09. The SMILES string of the molecule is CCNCC(C)(CC)OCCc1cccs1. The van der Waals surface area contributed by atoms with Crippen LogP contribution in [0.25, 0.3) is 0 Å². The third-order valence-electron chi connectivity index (χ3n) is 2.88. The molecule has 92 valence electrons. The molecule has 0 aromatic carbocycles. The van der Waals surface area contributed by atoms with E-state index in [-0.39, 0.29) is 5.60 Å². The molecule has 1 unspecified atom stereocenters. The zero-order valence-electron chi connectivity index (χ0n) is 10.6. The summed E-state index contributed by atoms with van der Waals surface area (Å²) in [7, 11) is 0. The van der Waals surface area contributed by atoms with Crippen LogP contribution in [0.4, 0.5) is 0 Å². The van der Waals surface area contributed by atoms with E-state index in [1.165, 1.54) is 4.88 Å². The monoisotopic (exact) mass is 241 g/mol. The molecular formula is C13H23NOS. The molecule has 16 heavy (non-hydrogen) atoms. The Kier molecular flexibility index (Phi) is 6.03. The molecular weight excluding hydrogens is 218 g/mol. The van der Waals surface area contributed by atoms with Gasteiger partial charge in [-0.15, -0.1) is 11.3 Å². The highest BCUT2D eigenvalue weighted by Crippen LogP contribution is 2.16. The van der Waals surface area contributed by atoms with E-state index in [2.05, 4.69) is 43.6 Å². The molecule has 1 heterocycles. The van der Waals surface area contributed by atoms with Gasteiger partial charge in [0.05, 0.1) is 12.2 Å². The van der Waals surface area contributed by atoms with Crippen molar-refractivity contribution < 1.29 is 4.74 Å². The maximum Gasteiger partial charge on any atom is 0.0775 e. The predicted octanol–water partition coefficient (Wildman–Crippen LogP) is 3.09. The Morgan fingerprint density at radius 3 is 2.81 bits per heavy atom. The Balaban J connectivity index is 2.27. The summed E-state index contributed by atoms with van der Waals surface area (Å²) in [6.45, 7) is 9.25. The highest BCUT2D eigenvalue weighted by Gasteiger charge is 2.21. The first-order valence-electron chi connectivity index (χ1n) is 6.07. The van der Waals surface area contributed by atoms with Gasteiger partial charge in [-0.1, -0.05) is 19.9 Å². The fourth-order valence-electron chi connectivity index (χ4n) is 1.52. The van der Waals surface area contributed by atoms with Gasteiger partial charge in [-0.2, -0.15) is 0 Å². The number of hydrogen-bond donors (Lipinski definition) is 1. The number of rotatable bonds is 8. The summed E-state index contributed by atoms with van der Waals surface area (Å²) >= 11 is 1.80. The highest BCUT2D eigenvalue weighted by atomic mass is 32.1. The first-order chi connectivity index (χ1) is 7.70. The topological polar surface area (TPSA) is 21.3 Å². The van der Waals surface area contributed by atoms with Crippen molar-refractivity contribution in [1.29, 1.82) is 0 Å². The molecule has 3 heteroatoms. The quantitative estimate of drug-likeness (QED) is 0.755. The summed E-state index contributed by atoms with van der Waals surface area (Å²) in [5.74, 6) is 0. The molecule has 0 aliphatic carbocycles. The van der Waals surface area contributed by atoms with Gasteiger partial charge in [0.15, 0.2) is 0 Å². The van der Waals surface area contributed by atoms with Crippen LogP contribution in [0, 0.1) is 0 Å². The lowest BCUT2D eigenvalue weighted by molar-refractivity contribution is -0.0311. The van der Waals surface area contributed by atoms with Crippen molar-refractivity contribution in [3.63, 3.8) is 0 Å². The van der Waals surface area contributed by atoms with Crippen molar-refractivity contribution in [2.45, 2.75) is 39.2 Å². The minimum absolute atomic E-state index is 0.0206. The zero-order valence-corrected chi connectivity index (χ0v) is 11.4. The molecule has 0 bridgehead atoms. The first-order valence-corrected chi connectivity index (χ1v) is 6.95. The molecule has 1 aromatic heterocycles. The Morgan fingerprint density at radius 1 is 1.44 bits per heavy atom. The second-order valence-electron chi connectivity index (χ2n) is 4.26. The third-order valence-corrected chi connectivity index (χ3v) is 3.81. The van der Waals surface area contributed by atoms with Crippen LogP contribution in [-0.4, -0.2) is 25.3 Å². The van der Waals surface area contributed by atoms with E-state index in [4.69, 9.17) is 4.74 Å². The van der Waals surface area contributed by atoms with Crippen LogP contribution in [0.3, 0.4) is 0 Å². The van der Waals surface area contributed by atoms with E-state index < -0.39 is 0 Å². The van der Waals surface area contributed by atoms with E-state index in [1.54, 1.807) is 11.3 Å². The smallest absolute Gasteiger partial charge is 0.0775 e. The second-order valence-corrected chi connectivity index (χ2v) is 5.29. The van der Waals surface area contributed by atoms with Crippen LogP contribution in [0.5, 0.6) is 0 Å². The molecule has 1 N–H and O–H groups in total. The molecule has 2 nitrogen and oxygen atoms in total. The van der Waals surface area contributed by atoms with Gasteiger partial charge >= 0.3 is 0 Å². The van der Waals surface area contributed by atoms with Gasteiger partial charge < -0.3 is 10.1 Å². The van der Waals surface area contributed by atoms with E-state index in [1.807, 2.05) is 0 Å².